The van der Waals surface area contributed by atoms with E-state index in [1.807, 2.05) is 60.7 Å². The molecule has 3 aromatic rings. The van der Waals surface area contributed by atoms with Crippen molar-refractivity contribution in [3.05, 3.63) is 96.1 Å². The molecule has 7 rings (SSSR count). The summed E-state index contributed by atoms with van der Waals surface area (Å²) in [7, 11) is 1.66. The Kier molecular flexibility index (Phi) is 13.8. The van der Waals surface area contributed by atoms with E-state index >= 15 is 0 Å². The lowest BCUT2D eigenvalue weighted by Gasteiger charge is -2.48. The standard InChI is InChI=1S/C46H62O9/c1-29-23-38(51-27-34-15-10-7-11-16-34)42(28-49-26-33-13-8-6-9-14-33)52-40-25-41-44(54-39(40)24-29)32(4)43(47)46-45(55-41)31(3)30(2)37(53-46)17-12-22-50-36-20-18-35(48-5)19-21-36/h6-11,13-16,18-21,29-32,37-47H,12,17,22-28H2,1-5H3/t29-,30-,31-,32-,37+,38+,39-,40+,41-,42-,43-,44+,45+,46-/m0/s1. The molecule has 1 N–H and O–H groups in total. The summed E-state index contributed by atoms with van der Waals surface area (Å²) in [6.45, 7) is 10.9. The maximum atomic E-state index is 12.0. The van der Waals surface area contributed by atoms with Crippen LogP contribution in [0.5, 0.6) is 11.5 Å². The first kappa shape index (κ1) is 40.2. The van der Waals surface area contributed by atoms with Crippen molar-refractivity contribution in [2.75, 3.05) is 20.3 Å². The lowest BCUT2D eigenvalue weighted by atomic mass is 9.77. The first-order chi connectivity index (χ1) is 26.8. The summed E-state index contributed by atoms with van der Waals surface area (Å²) in [5, 5.41) is 12.0. The Hall–Kier alpha value is -3.02. The van der Waals surface area contributed by atoms with Crippen LogP contribution < -0.4 is 9.47 Å². The molecule has 55 heavy (non-hydrogen) atoms. The van der Waals surface area contributed by atoms with E-state index in [9.17, 15) is 5.11 Å². The lowest BCUT2D eigenvalue weighted by molar-refractivity contribution is -0.259. The molecule has 9 heteroatoms. The summed E-state index contributed by atoms with van der Waals surface area (Å²) < 4.78 is 52.2. The van der Waals surface area contributed by atoms with Crippen molar-refractivity contribution in [2.24, 2.45) is 23.7 Å². The highest BCUT2D eigenvalue weighted by Crippen LogP contribution is 2.45. The quantitative estimate of drug-likeness (QED) is 0.175. The number of aliphatic hydroxyl groups is 1. The second kappa shape index (κ2) is 18.9. The van der Waals surface area contributed by atoms with Crippen molar-refractivity contribution in [2.45, 2.75) is 134 Å². The Morgan fingerprint density at radius 1 is 0.618 bits per heavy atom. The summed E-state index contributed by atoms with van der Waals surface area (Å²) in [6, 6.07) is 28.2. The molecule has 9 nitrogen and oxygen atoms in total. The minimum Gasteiger partial charge on any atom is -0.497 e. The highest BCUT2D eigenvalue weighted by molar-refractivity contribution is 5.31. The van der Waals surface area contributed by atoms with Crippen LogP contribution in [-0.4, -0.2) is 86.5 Å². The fourth-order valence-corrected chi connectivity index (χ4v) is 9.15. The summed E-state index contributed by atoms with van der Waals surface area (Å²) in [4.78, 5) is 0. The van der Waals surface area contributed by atoms with Gasteiger partial charge in [-0.15, -0.1) is 0 Å². The van der Waals surface area contributed by atoms with Gasteiger partial charge in [0.2, 0.25) is 0 Å². The van der Waals surface area contributed by atoms with Gasteiger partial charge in [-0.3, -0.25) is 0 Å². The van der Waals surface area contributed by atoms with Crippen molar-refractivity contribution < 1.29 is 43.0 Å². The van der Waals surface area contributed by atoms with Gasteiger partial charge in [0, 0.05) is 12.3 Å². The minimum absolute atomic E-state index is 0.00883. The number of hydrogen-bond donors (Lipinski definition) is 1. The summed E-state index contributed by atoms with van der Waals surface area (Å²) >= 11 is 0. The molecule has 0 aliphatic carbocycles. The van der Waals surface area contributed by atoms with Crippen LogP contribution in [0.2, 0.25) is 0 Å². The van der Waals surface area contributed by atoms with Crippen LogP contribution in [0.25, 0.3) is 0 Å². The molecule has 0 radical (unpaired) electrons. The molecule has 0 saturated carbocycles. The molecule has 3 aromatic carbocycles. The van der Waals surface area contributed by atoms with E-state index in [1.165, 1.54) is 0 Å². The van der Waals surface area contributed by atoms with E-state index < -0.39 is 12.2 Å². The van der Waals surface area contributed by atoms with Crippen molar-refractivity contribution in [3.63, 3.8) is 0 Å². The first-order valence-corrected chi connectivity index (χ1v) is 20.6. The summed E-state index contributed by atoms with van der Waals surface area (Å²) in [6.07, 6.45) is 1.36. The Balaban J connectivity index is 1.02. The predicted molar refractivity (Wildman–Crippen MR) is 210 cm³/mol. The molecular weight excluding hydrogens is 696 g/mol. The molecule has 0 amide bonds. The van der Waals surface area contributed by atoms with Gasteiger partial charge in [-0.05, 0) is 78.8 Å². The molecule has 300 valence electrons. The third kappa shape index (κ3) is 9.93. The van der Waals surface area contributed by atoms with E-state index in [2.05, 4.69) is 52.0 Å². The second-order valence-electron chi connectivity index (χ2n) is 16.5. The number of ether oxygens (including phenoxy) is 8. The fourth-order valence-electron chi connectivity index (χ4n) is 9.15. The Bertz CT molecular complexity index is 1570. The van der Waals surface area contributed by atoms with Crippen LogP contribution in [0.1, 0.15) is 70.9 Å². The molecule has 4 aliphatic rings. The summed E-state index contributed by atoms with van der Waals surface area (Å²) in [5.41, 5.74) is 2.26. The predicted octanol–water partition coefficient (Wildman–Crippen LogP) is 7.80. The van der Waals surface area contributed by atoms with Crippen LogP contribution in [0.15, 0.2) is 84.9 Å². The highest BCUT2D eigenvalue weighted by atomic mass is 16.6. The second-order valence-corrected chi connectivity index (χ2v) is 16.5. The fraction of sp³-hybridized carbons (Fsp3) is 0.609. The van der Waals surface area contributed by atoms with Crippen LogP contribution in [0.4, 0.5) is 0 Å². The smallest absolute Gasteiger partial charge is 0.119 e. The molecule has 4 aliphatic heterocycles. The van der Waals surface area contributed by atoms with Crippen molar-refractivity contribution in [1.82, 2.24) is 0 Å². The Morgan fingerprint density at radius 3 is 1.98 bits per heavy atom. The number of aliphatic hydroxyl groups excluding tert-OH is 1. The molecule has 14 atom stereocenters. The van der Waals surface area contributed by atoms with E-state index in [-0.39, 0.29) is 66.6 Å². The van der Waals surface area contributed by atoms with E-state index in [4.69, 9.17) is 37.9 Å². The SMILES string of the molecule is COc1ccc(OCCC[C@H]2O[C@H]3[C@@H](O)[C@H](C)[C@H]4O[C@H]5C[C@@H](C)C[C@@H](OCc6ccccc6)[C@H](COCc6ccccc6)O[C@@H]5C[C@@H]4O[C@@H]3[C@@H](C)[C@@H]2C)cc1. The zero-order valence-corrected chi connectivity index (χ0v) is 33.2. The van der Waals surface area contributed by atoms with Gasteiger partial charge < -0.3 is 43.0 Å². The van der Waals surface area contributed by atoms with E-state index in [0.29, 0.717) is 38.8 Å². The Morgan fingerprint density at radius 2 is 1.27 bits per heavy atom. The van der Waals surface area contributed by atoms with Crippen LogP contribution in [0.3, 0.4) is 0 Å². The highest BCUT2D eigenvalue weighted by Gasteiger charge is 2.55. The van der Waals surface area contributed by atoms with Gasteiger partial charge >= 0.3 is 0 Å². The molecule has 4 heterocycles. The molecular formula is C46H62O9. The molecule has 0 spiro atoms. The molecule has 0 aromatic heterocycles. The number of benzene rings is 3. The number of rotatable bonds is 13. The van der Waals surface area contributed by atoms with Gasteiger partial charge in [0.1, 0.15) is 23.7 Å². The average molecular weight is 759 g/mol. The average Bonchev–Trinajstić information content (AvgIpc) is 3.30. The summed E-state index contributed by atoms with van der Waals surface area (Å²) in [5.74, 6) is 2.21. The van der Waals surface area contributed by atoms with Gasteiger partial charge in [-0.1, -0.05) is 88.4 Å². The largest absolute Gasteiger partial charge is 0.497 e. The third-order valence-electron chi connectivity index (χ3n) is 12.6. The number of hydrogen-bond acceptors (Lipinski definition) is 9. The molecule has 0 bridgehead atoms. The van der Waals surface area contributed by atoms with Crippen LogP contribution in [0, 0.1) is 23.7 Å². The van der Waals surface area contributed by atoms with Crippen LogP contribution >= 0.6 is 0 Å². The lowest BCUT2D eigenvalue weighted by Crippen LogP contribution is -2.56. The van der Waals surface area contributed by atoms with Crippen LogP contribution in [-0.2, 0) is 41.6 Å². The van der Waals surface area contributed by atoms with Crippen molar-refractivity contribution in [3.8, 4) is 11.5 Å². The zero-order chi connectivity index (χ0) is 38.3. The number of fused-ring (bicyclic) bond motifs is 3. The first-order valence-electron chi connectivity index (χ1n) is 20.6. The molecule has 4 fully saturated rings. The Labute approximate surface area is 327 Å². The van der Waals surface area contributed by atoms with Crippen molar-refractivity contribution in [1.29, 1.82) is 0 Å². The maximum absolute atomic E-state index is 12.0. The topological polar surface area (TPSA) is 94.1 Å². The van der Waals surface area contributed by atoms with Crippen molar-refractivity contribution >= 4 is 0 Å². The minimum atomic E-state index is -0.716. The maximum Gasteiger partial charge on any atom is 0.119 e. The number of methoxy groups -OCH3 is 1. The van der Waals surface area contributed by atoms with Gasteiger partial charge in [0.15, 0.2) is 0 Å². The van der Waals surface area contributed by atoms with Gasteiger partial charge in [0.25, 0.3) is 0 Å². The van der Waals surface area contributed by atoms with E-state index in [0.717, 1.165) is 48.3 Å². The monoisotopic (exact) mass is 758 g/mol. The van der Waals surface area contributed by atoms with Gasteiger partial charge in [0.05, 0.1) is 82.4 Å². The third-order valence-corrected chi connectivity index (χ3v) is 12.6. The van der Waals surface area contributed by atoms with Gasteiger partial charge in [-0.25, -0.2) is 0 Å². The molecule has 0 unspecified atom stereocenters. The normalized spacial score (nSPS) is 36.3. The zero-order valence-electron chi connectivity index (χ0n) is 33.2. The van der Waals surface area contributed by atoms with Gasteiger partial charge in [-0.2, -0.15) is 0 Å². The van der Waals surface area contributed by atoms with E-state index in [1.54, 1.807) is 7.11 Å². The molecule has 4 saturated heterocycles.